The molecule has 162 valence electrons. The largest absolute Gasteiger partial charge is 0.432 e. The first-order chi connectivity index (χ1) is 13.5. The number of carbonyl (C=O) groups is 2. The topological polar surface area (TPSA) is 79.5 Å². The molecule has 1 aliphatic rings. The highest BCUT2D eigenvalue weighted by Gasteiger charge is 2.29. The molecule has 6 nitrogen and oxygen atoms in total. The molecule has 29 heavy (non-hydrogen) atoms. The summed E-state index contributed by atoms with van der Waals surface area (Å²) in [7, 11) is 0. The van der Waals surface area contributed by atoms with Crippen molar-refractivity contribution in [1.29, 1.82) is 0 Å². The van der Waals surface area contributed by atoms with E-state index in [0.717, 1.165) is 31.5 Å². The number of hydrogen-bond donors (Lipinski definition) is 3. The molecule has 0 saturated heterocycles. The quantitative estimate of drug-likeness (QED) is 0.580. The standard InChI is InChI=1S/C20H28F3N3O3/c1-20(2,3)26-17(27)11-24-9-12-6-13(7-12)10-25-18(28)14-4-5-15(21)16(8-14)29-19(22)23/h4-5,8,12-13,19,24H,6-7,9-11H2,1-3H3,(H,25,28)(H,26,27)/t12-,13-. The predicted octanol–water partition coefficient (Wildman–Crippen LogP) is 2.69. The Kier molecular flexibility index (Phi) is 7.89. The Morgan fingerprint density at radius 2 is 1.83 bits per heavy atom. The summed E-state index contributed by atoms with van der Waals surface area (Å²) in [6.45, 7) is 4.05. The fraction of sp³-hybridized carbons (Fsp3) is 0.600. The molecular weight excluding hydrogens is 387 g/mol. The van der Waals surface area contributed by atoms with Gasteiger partial charge in [-0.3, -0.25) is 9.59 Å². The van der Waals surface area contributed by atoms with Crippen molar-refractivity contribution >= 4 is 11.8 Å². The lowest BCUT2D eigenvalue weighted by Crippen LogP contribution is -2.46. The van der Waals surface area contributed by atoms with Crippen LogP contribution in [0, 0.1) is 17.7 Å². The number of ether oxygens (including phenoxy) is 1. The zero-order valence-electron chi connectivity index (χ0n) is 16.9. The van der Waals surface area contributed by atoms with E-state index in [1.54, 1.807) is 0 Å². The van der Waals surface area contributed by atoms with Crippen LogP contribution < -0.4 is 20.7 Å². The molecule has 0 radical (unpaired) electrons. The Labute approximate surface area is 168 Å². The minimum atomic E-state index is -3.16. The van der Waals surface area contributed by atoms with Crippen LogP contribution in [0.1, 0.15) is 44.0 Å². The van der Waals surface area contributed by atoms with Gasteiger partial charge in [-0.05, 0) is 70.2 Å². The summed E-state index contributed by atoms with van der Waals surface area (Å²) in [6.07, 6.45) is 1.83. The third-order valence-corrected chi connectivity index (χ3v) is 4.53. The highest BCUT2D eigenvalue weighted by atomic mass is 19.3. The SMILES string of the molecule is CC(C)(C)NC(=O)CNC[C@H]1C[C@H](CNC(=O)c2ccc(F)c(OC(F)F)c2)C1. The smallest absolute Gasteiger partial charge is 0.387 e. The van der Waals surface area contributed by atoms with Crippen molar-refractivity contribution in [3.63, 3.8) is 0 Å². The second-order valence-corrected chi connectivity index (χ2v) is 8.37. The minimum Gasteiger partial charge on any atom is -0.432 e. The summed E-state index contributed by atoms with van der Waals surface area (Å²) in [5, 5.41) is 8.75. The van der Waals surface area contributed by atoms with E-state index in [0.29, 0.717) is 18.4 Å². The third-order valence-electron chi connectivity index (χ3n) is 4.53. The maximum absolute atomic E-state index is 13.4. The van der Waals surface area contributed by atoms with Crippen molar-refractivity contribution in [2.45, 2.75) is 45.8 Å². The first kappa shape index (κ1) is 23.0. The molecule has 0 spiro atoms. The summed E-state index contributed by atoms with van der Waals surface area (Å²) < 4.78 is 42.0. The van der Waals surface area contributed by atoms with Gasteiger partial charge >= 0.3 is 6.61 Å². The summed E-state index contributed by atoms with van der Waals surface area (Å²) in [6, 6.07) is 3.11. The molecule has 9 heteroatoms. The Morgan fingerprint density at radius 3 is 2.45 bits per heavy atom. The Hall–Kier alpha value is -2.29. The zero-order chi connectivity index (χ0) is 21.6. The van der Waals surface area contributed by atoms with Crippen molar-refractivity contribution in [3.8, 4) is 5.75 Å². The molecule has 0 unspecified atom stereocenters. The maximum atomic E-state index is 13.4. The van der Waals surface area contributed by atoms with Crippen molar-refractivity contribution < 1.29 is 27.5 Å². The van der Waals surface area contributed by atoms with Crippen LogP contribution in [-0.4, -0.2) is 43.6 Å². The number of alkyl halides is 2. The molecule has 2 rings (SSSR count). The number of carbonyl (C=O) groups excluding carboxylic acids is 2. The molecule has 0 heterocycles. The van der Waals surface area contributed by atoms with Crippen LogP contribution in [-0.2, 0) is 4.79 Å². The van der Waals surface area contributed by atoms with Crippen molar-refractivity contribution in [2.75, 3.05) is 19.6 Å². The number of benzene rings is 1. The summed E-state index contributed by atoms with van der Waals surface area (Å²) in [5.41, 5.74) is -0.195. The first-order valence-electron chi connectivity index (χ1n) is 9.58. The molecule has 1 aromatic rings. The van der Waals surface area contributed by atoms with E-state index in [1.165, 1.54) is 6.07 Å². The fourth-order valence-corrected chi connectivity index (χ4v) is 3.23. The van der Waals surface area contributed by atoms with Crippen molar-refractivity contribution in [2.24, 2.45) is 11.8 Å². The van der Waals surface area contributed by atoms with E-state index in [9.17, 15) is 22.8 Å². The van der Waals surface area contributed by atoms with Gasteiger partial charge in [0.25, 0.3) is 5.91 Å². The highest BCUT2D eigenvalue weighted by molar-refractivity contribution is 5.94. The van der Waals surface area contributed by atoms with Gasteiger partial charge in [-0.2, -0.15) is 8.78 Å². The normalized spacial score (nSPS) is 18.9. The molecule has 1 aliphatic carbocycles. The molecule has 0 aliphatic heterocycles. The van der Waals surface area contributed by atoms with Gasteiger partial charge in [0.15, 0.2) is 11.6 Å². The lowest BCUT2D eigenvalue weighted by molar-refractivity contribution is -0.121. The lowest BCUT2D eigenvalue weighted by atomic mass is 9.75. The number of hydrogen-bond acceptors (Lipinski definition) is 4. The van der Waals surface area contributed by atoms with Crippen LogP contribution >= 0.6 is 0 Å². The Bertz CT molecular complexity index is 717. The van der Waals surface area contributed by atoms with Crippen molar-refractivity contribution in [1.82, 2.24) is 16.0 Å². The average Bonchev–Trinajstić information content (AvgIpc) is 2.55. The molecular formula is C20H28F3N3O3. The van der Waals surface area contributed by atoms with Crippen LogP contribution in [0.15, 0.2) is 18.2 Å². The van der Waals surface area contributed by atoms with Gasteiger partial charge in [0.05, 0.1) is 6.54 Å². The average molecular weight is 415 g/mol. The molecule has 0 aromatic heterocycles. The number of nitrogens with one attached hydrogen (secondary N) is 3. The highest BCUT2D eigenvalue weighted by Crippen LogP contribution is 2.32. The lowest BCUT2D eigenvalue weighted by Gasteiger charge is -2.35. The van der Waals surface area contributed by atoms with Gasteiger partial charge in [-0.1, -0.05) is 0 Å². The molecule has 1 fully saturated rings. The van der Waals surface area contributed by atoms with Gasteiger partial charge < -0.3 is 20.7 Å². The van der Waals surface area contributed by atoms with E-state index in [1.807, 2.05) is 20.8 Å². The van der Waals surface area contributed by atoms with Gasteiger partial charge in [0.1, 0.15) is 0 Å². The maximum Gasteiger partial charge on any atom is 0.387 e. The number of halogens is 3. The Balaban J connectivity index is 1.66. The molecule has 1 aromatic carbocycles. The second-order valence-electron chi connectivity index (χ2n) is 8.37. The van der Waals surface area contributed by atoms with Crippen LogP contribution in [0.25, 0.3) is 0 Å². The monoisotopic (exact) mass is 415 g/mol. The zero-order valence-corrected chi connectivity index (χ0v) is 16.9. The summed E-state index contributed by atoms with van der Waals surface area (Å²) >= 11 is 0. The summed E-state index contributed by atoms with van der Waals surface area (Å²) in [4.78, 5) is 23.9. The van der Waals surface area contributed by atoms with E-state index < -0.39 is 24.1 Å². The fourth-order valence-electron chi connectivity index (χ4n) is 3.23. The first-order valence-corrected chi connectivity index (χ1v) is 9.58. The van der Waals surface area contributed by atoms with Gasteiger partial charge in [0.2, 0.25) is 5.91 Å². The third kappa shape index (κ3) is 7.92. The van der Waals surface area contributed by atoms with E-state index >= 15 is 0 Å². The molecule has 2 amide bonds. The van der Waals surface area contributed by atoms with Gasteiger partial charge in [-0.15, -0.1) is 0 Å². The Morgan fingerprint density at radius 1 is 1.17 bits per heavy atom. The van der Waals surface area contributed by atoms with Crippen LogP contribution in [0.5, 0.6) is 5.75 Å². The number of rotatable bonds is 9. The molecule has 1 saturated carbocycles. The predicted molar refractivity (Wildman–Crippen MR) is 102 cm³/mol. The van der Waals surface area contributed by atoms with E-state index in [-0.39, 0.29) is 23.6 Å². The summed E-state index contributed by atoms with van der Waals surface area (Å²) in [5.74, 6) is -1.37. The van der Waals surface area contributed by atoms with Crippen LogP contribution in [0.2, 0.25) is 0 Å². The van der Waals surface area contributed by atoms with Gasteiger partial charge in [-0.25, -0.2) is 4.39 Å². The van der Waals surface area contributed by atoms with Crippen LogP contribution in [0.4, 0.5) is 13.2 Å². The van der Waals surface area contributed by atoms with Crippen molar-refractivity contribution in [3.05, 3.63) is 29.6 Å². The molecule has 0 bridgehead atoms. The molecule has 0 atom stereocenters. The van der Waals surface area contributed by atoms with Crippen LogP contribution in [0.3, 0.4) is 0 Å². The van der Waals surface area contributed by atoms with E-state index in [2.05, 4.69) is 20.7 Å². The second kappa shape index (κ2) is 9.96. The van der Waals surface area contributed by atoms with E-state index in [4.69, 9.17) is 0 Å². The molecule has 3 N–H and O–H groups in total. The minimum absolute atomic E-state index is 0.0462. The van der Waals surface area contributed by atoms with Gasteiger partial charge in [0, 0.05) is 17.6 Å². The number of amides is 2.